The van der Waals surface area contributed by atoms with Crippen LogP contribution in [0.1, 0.15) is 50.5 Å². The van der Waals surface area contributed by atoms with Gasteiger partial charge in [0.25, 0.3) is 0 Å². The number of ketones is 1. The summed E-state index contributed by atoms with van der Waals surface area (Å²) in [5, 5.41) is 8.72. The maximum atomic E-state index is 13.4. The molecule has 1 fully saturated rings. The molecule has 3 aromatic rings. The number of aryl methyl sites for hydroxylation is 2. The first-order valence-electron chi connectivity index (χ1n) is 10.2. The van der Waals surface area contributed by atoms with E-state index in [2.05, 4.69) is 10.2 Å². The first-order chi connectivity index (χ1) is 14.7. The largest absolute Gasteiger partial charge is 0.309 e. The molecule has 1 saturated heterocycles. The van der Waals surface area contributed by atoms with Gasteiger partial charge in [0.15, 0.2) is 20.8 Å². The van der Waals surface area contributed by atoms with Crippen molar-refractivity contribution in [2.75, 3.05) is 11.5 Å². The second kappa shape index (κ2) is 8.59. The summed E-state index contributed by atoms with van der Waals surface area (Å²) in [4.78, 5) is 13.4. The molecule has 2 unspecified atom stereocenters. The number of benzene rings is 2. The molecular weight excluding hydrogens is 430 g/mol. The van der Waals surface area contributed by atoms with Gasteiger partial charge in [-0.3, -0.25) is 4.79 Å². The van der Waals surface area contributed by atoms with Crippen LogP contribution >= 0.6 is 11.8 Å². The Morgan fingerprint density at radius 2 is 1.65 bits per heavy atom. The van der Waals surface area contributed by atoms with E-state index in [1.165, 1.54) is 11.8 Å². The van der Waals surface area contributed by atoms with E-state index in [1.54, 1.807) is 0 Å². The number of thioether (sulfide) groups is 1. The lowest BCUT2D eigenvalue weighted by Gasteiger charge is -2.16. The van der Waals surface area contributed by atoms with Gasteiger partial charge < -0.3 is 4.57 Å². The summed E-state index contributed by atoms with van der Waals surface area (Å²) in [6.45, 7) is 4.00. The number of hydrogen-bond acceptors (Lipinski definition) is 6. The van der Waals surface area contributed by atoms with E-state index in [9.17, 15) is 13.2 Å². The topological polar surface area (TPSA) is 81.9 Å². The van der Waals surface area contributed by atoms with Gasteiger partial charge in [0, 0.05) is 18.5 Å². The number of Topliss-reactive ketones (excluding diaryl/α,β-unsaturated/α-hetero) is 1. The zero-order chi connectivity index (χ0) is 22.2. The minimum absolute atomic E-state index is 0.00171. The van der Waals surface area contributed by atoms with Crippen LogP contribution in [0, 0.1) is 13.8 Å². The van der Waals surface area contributed by atoms with Gasteiger partial charge in [-0.25, -0.2) is 8.42 Å². The predicted molar refractivity (Wildman–Crippen MR) is 122 cm³/mol. The normalized spacial score (nSPS) is 18.7. The summed E-state index contributed by atoms with van der Waals surface area (Å²) in [5.74, 6) is 0.802. The number of hydrogen-bond donors (Lipinski definition) is 0. The molecule has 4 rings (SSSR count). The maximum absolute atomic E-state index is 13.4. The third kappa shape index (κ3) is 4.75. The second-order valence-electron chi connectivity index (χ2n) is 8.14. The van der Waals surface area contributed by atoms with Crippen LogP contribution in [-0.4, -0.2) is 40.5 Å². The van der Waals surface area contributed by atoms with E-state index in [1.807, 2.05) is 74.0 Å². The summed E-state index contributed by atoms with van der Waals surface area (Å²) in [5.41, 5.74) is 3.77. The molecule has 0 amide bonds. The standard InChI is InChI=1S/C23H25N3O3S2/c1-15-4-8-17(9-5-15)20(27)21(18-10-6-16(2)7-11-18)30-23-25-24-22(26(23)3)19-12-13-31(28,29)14-19/h4-11,19,21H,12-14H2,1-3H3. The zero-order valence-electron chi connectivity index (χ0n) is 17.8. The minimum Gasteiger partial charge on any atom is -0.309 e. The third-order valence-corrected chi connectivity index (χ3v) is 8.70. The fourth-order valence-electron chi connectivity index (χ4n) is 3.77. The summed E-state index contributed by atoms with van der Waals surface area (Å²) >= 11 is 1.35. The Hall–Kier alpha value is -2.45. The number of carbonyl (C=O) groups is 1. The highest BCUT2D eigenvalue weighted by atomic mass is 32.2. The van der Waals surface area contributed by atoms with Gasteiger partial charge in [0.1, 0.15) is 11.1 Å². The lowest BCUT2D eigenvalue weighted by Crippen LogP contribution is -2.12. The Labute approximate surface area is 187 Å². The number of sulfone groups is 1. The molecule has 0 spiro atoms. The lowest BCUT2D eigenvalue weighted by molar-refractivity contribution is 0.0989. The van der Waals surface area contributed by atoms with Crippen LogP contribution in [0.15, 0.2) is 53.7 Å². The Balaban J connectivity index is 1.66. The molecule has 0 bridgehead atoms. The van der Waals surface area contributed by atoms with Crippen LogP contribution in [-0.2, 0) is 16.9 Å². The first-order valence-corrected chi connectivity index (χ1v) is 12.9. The summed E-state index contributed by atoms with van der Waals surface area (Å²) in [7, 11) is -1.18. The summed E-state index contributed by atoms with van der Waals surface area (Å²) in [6, 6.07) is 15.5. The van der Waals surface area contributed by atoms with Crippen molar-refractivity contribution in [3.05, 3.63) is 76.6 Å². The van der Waals surface area contributed by atoms with Gasteiger partial charge in [0.05, 0.1) is 11.5 Å². The number of nitrogens with zero attached hydrogens (tertiary/aromatic N) is 3. The van der Waals surface area contributed by atoms with Crippen molar-refractivity contribution in [3.8, 4) is 0 Å². The number of rotatable bonds is 6. The smallest absolute Gasteiger partial charge is 0.192 e. The molecular formula is C23H25N3O3S2. The average molecular weight is 456 g/mol. The molecule has 6 nitrogen and oxygen atoms in total. The first kappa shape index (κ1) is 21.8. The molecule has 2 aromatic carbocycles. The molecule has 1 aliphatic heterocycles. The van der Waals surface area contributed by atoms with Crippen LogP contribution in [0.25, 0.3) is 0 Å². The molecule has 31 heavy (non-hydrogen) atoms. The van der Waals surface area contributed by atoms with E-state index < -0.39 is 15.1 Å². The molecule has 2 heterocycles. The Kier molecular flexibility index (Phi) is 6.03. The van der Waals surface area contributed by atoms with Crippen LogP contribution < -0.4 is 0 Å². The van der Waals surface area contributed by atoms with E-state index >= 15 is 0 Å². The van der Waals surface area contributed by atoms with Crippen molar-refractivity contribution in [2.45, 2.75) is 36.6 Å². The highest BCUT2D eigenvalue weighted by Crippen LogP contribution is 2.38. The van der Waals surface area contributed by atoms with Gasteiger partial charge in [-0.1, -0.05) is 71.4 Å². The van der Waals surface area contributed by atoms with E-state index in [0.29, 0.717) is 23.0 Å². The van der Waals surface area contributed by atoms with Crippen LogP contribution in [0.5, 0.6) is 0 Å². The van der Waals surface area contributed by atoms with Gasteiger partial charge in [-0.2, -0.15) is 0 Å². The van der Waals surface area contributed by atoms with E-state index in [0.717, 1.165) is 16.7 Å². The van der Waals surface area contributed by atoms with Gasteiger partial charge >= 0.3 is 0 Å². The Morgan fingerprint density at radius 1 is 1.03 bits per heavy atom. The lowest BCUT2D eigenvalue weighted by atomic mass is 10.0. The second-order valence-corrected chi connectivity index (χ2v) is 11.4. The minimum atomic E-state index is -3.02. The highest BCUT2D eigenvalue weighted by Gasteiger charge is 2.33. The zero-order valence-corrected chi connectivity index (χ0v) is 19.4. The van der Waals surface area contributed by atoms with Crippen molar-refractivity contribution in [3.63, 3.8) is 0 Å². The van der Waals surface area contributed by atoms with Crippen molar-refractivity contribution in [1.29, 1.82) is 0 Å². The third-order valence-electron chi connectivity index (χ3n) is 5.64. The van der Waals surface area contributed by atoms with Crippen LogP contribution in [0.4, 0.5) is 0 Å². The van der Waals surface area contributed by atoms with Crippen molar-refractivity contribution in [1.82, 2.24) is 14.8 Å². The fraction of sp³-hybridized carbons (Fsp3) is 0.348. The molecule has 1 aromatic heterocycles. The van der Waals surface area contributed by atoms with Crippen molar-refractivity contribution < 1.29 is 13.2 Å². The molecule has 1 aliphatic rings. The molecule has 0 radical (unpaired) electrons. The Bertz CT molecular complexity index is 1200. The molecule has 0 saturated carbocycles. The van der Waals surface area contributed by atoms with Crippen LogP contribution in [0.3, 0.4) is 0 Å². The van der Waals surface area contributed by atoms with Crippen LogP contribution in [0.2, 0.25) is 0 Å². The van der Waals surface area contributed by atoms with Crippen molar-refractivity contribution >= 4 is 27.4 Å². The quantitative estimate of drug-likeness (QED) is 0.412. The molecule has 162 valence electrons. The monoisotopic (exact) mass is 455 g/mol. The Morgan fingerprint density at radius 3 is 2.23 bits per heavy atom. The predicted octanol–water partition coefficient (Wildman–Crippen LogP) is 4.05. The molecule has 2 atom stereocenters. The van der Waals surface area contributed by atoms with Gasteiger partial charge in [0.2, 0.25) is 0 Å². The van der Waals surface area contributed by atoms with Crippen molar-refractivity contribution in [2.24, 2.45) is 7.05 Å². The highest BCUT2D eigenvalue weighted by molar-refractivity contribution is 8.00. The molecule has 0 aliphatic carbocycles. The number of aromatic nitrogens is 3. The van der Waals surface area contributed by atoms with Gasteiger partial charge in [-0.05, 0) is 25.8 Å². The fourth-order valence-corrected chi connectivity index (χ4v) is 6.60. The summed E-state index contributed by atoms with van der Waals surface area (Å²) in [6.07, 6.45) is 0.558. The number of carbonyl (C=O) groups excluding carboxylic acids is 1. The molecule has 8 heteroatoms. The maximum Gasteiger partial charge on any atom is 0.192 e. The SMILES string of the molecule is Cc1ccc(C(=O)C(Sc2nnc(C3CCS(=O)(=O)C3)n2C)c2ccc(C)cc2)cc1. The van der Waals surface area contributed by atoms with E-state index in [-0.39, 0.29) is 23.2 Å². The van der Waals surface area contributed by atoms with E-state index in [4.69, 9.17) is 0 Å². The summed E-state index contributed by atoms with van der Waals surface area (Å²) < 4.78 is 25.6. The average Bonchev–Trinajstić information content (AvgIpc) is 3.28. The molecule has 0 N–H and O–H groups in total. The van der Waals surface area contributed by atoms with Gasteiger partial charge in [-0.15, -0.1) is 10.2 Å².